The van der Waals surface area contributed by atoms with Crippen molar-refractivity contribution < 1.29 is 4.79 Å². The maximum Gasteiger partial charge on any atom is 0.272 e. The minimum atomic E-state index is -0.0100. The van der Waals surface area contributed by atoms with E-state index in [2.05, 4.69) is 67.7 Å². The summed E-state index contributed by atoms with van der Waals surface area (Å²) in [5.41, 5.74) is 4.17. The molecular weight excluding hydrogens is 424 g/mol. The number of anilines is 2. The van der Waals surface area contributed by atoms with Crippen LogP contribution in [0.2, 0.25) is 0 Å². The number of nitrogens with one attached hydrogen (secondary N) is 1. The summed E-state index contributed by atoms with van der Waals surface area (Å²) >= 11 is 0. The number of pyridine rings is 2. The van der Waals surface area contributed by atoms with Crippen molar-refractivity contribution >= 4 is 17.4 Å². The molecule has 2 aliphatic rings. The minimum absolute atomic E-state index is 0.00529. The lowest BCUT2D eigenvalue weighted by molar-refractivity contribution is 0.0740. The summed E-state index contributed by atoms with van der Waals surface area (Å²) in [6.45, 7) is 20.2. The number of rotatable bonds is 3. The molecule has 0 radical (unpaired) electrons. The van der Waals surface area contributed by atoms with Crippen LogP contribution in [-0.2, 0) is 10.8 Å². The number of aromatic nitrogens is 2. The van der Waals surface area contributed by atoms with Crippen molar-refractivity contribution in [1.29, 1.82) is 0 Å². The molecule has 2 aromatic rings. The Hall–Kier alpha value is -2.67. The molecular formula is C27H40N6O. The maximum absolute atomic E-state index is 13.2. The van der Waals surface area contributed by atoms with Crippen molar-refractivity contribution in [2.45, 2.75) is 52.4 Å². The third-order valence-electron chi connectivity index (χ3n) is 6.87. The Morgan fingerprint density at radius 3 is 2.15 bits per heavy atom. The molecule has 2 fully saturated rings. The first kappa shape index (κ1) is 24.5. The van der Waals surface area contributed by atoms with E-state index in [0.717, 1.165) is 50.6 Å². The fourth-order valence-electron chi connectivity index (χ4n) is 4.68. The predicted molar refractivity (Wildman–Crippen MR) is 139 cm³/mol. The molecule has 184 valence electrons. The van der Waals surface area contributed by atoms with Gasteiger partial charge < -0.3 is 20.0 Å². The van der Waals surface area contributed by atoms with E-state index in [1.165, 1.54) is 11.3 Å². The van der Waals surface area contributed by atoms with E-state index in [-0.39, 0.29) is 16.7 Å². The second-order valence-electron chi connectivity index (χ2n) is 11.5. The molecule has 4 heterocycles. The summed E-state index contributed by atoms with van der Waals surface area (Å²) in [5.74, 6) is 1.09. The third-order valence-corrected chi connectivity index (χ3v) is 6.87. The Kier molecular flexibility index (Phi) is 6.85. The minimum Gasteiger partial charge on any atom is -0.366 e. The zero-order valence-corrected chi connectivity index (χ0v) is 21.7. The van der Waals surface area contributed by atoms with Gasteiger partial charge in [-0.2, -0.15) is 0 Å². The van der Waals surface area contributed by atoms with E-state index < -0.39 is 0 Å². The summed E-state index contributed by atoms with van der Waals surface area (Å²) in [6.07, 6.45) is 3.80. The lowest BCUT2D eigenvalue weighted by Gasteiger charge is -2.39. The number of nitrogens with zero attached hydrogens (tertiary/aromatic N) is 5. The van der Waals surface area contributed by atoms with Crippen molar-refractivity contribution in [2.75, 3.05) is 62.2 Å². The van der Waals surface area contributed by atoms with Crippen LogP contribution in [0.1, 0.15) is 63.2 Å². The highest BCUT2D eigenvalue weighted by molar-refractivity contribution is 5.92. The fraction of sp³-hybridized carbons (Fsp3) is 0.593. The molecule has 0 aromatic carbocycles. The Bertz CT molecular complexity index is 1010. The van der Waals surface area contributed by atoms with Crippen LogP contribution in [0, 0.1) is 0 Å². The highest BCUT2D eigenvalue weighted by atomic mass is 16.2. The average Bonchev–Trinajstić information content (AvgIpc) is 2.83. The molecule has 0 atom stereocenters. The van der Waals surface area contributed by atoms with Crippen molar-refractivity contribution in [1.82, 2.24) is 20.2 Å². The maximum atomic E-state index is 13.2. The van der Waals surface area contributed by atoms with E-state index in [9.17, 15) is 4.79 Å². The van der Waals surface area contributed by atoms with Crippen molar-refractivity contribution in [3.8, 4) is 0 Å². The van der Waals surface area contributed by atoms with Crippen molar-refractivity contribution in [3.63, 3.8) is 0 Å². The first-order valence-corrected chi connectivity index (χ1v) is 12.5. The second kappa shape index (κ2) is 9.53. The molecule has 2 aromatic heterocycles. The zero-order chi connectivity index (χ0) is 24.5. The zero-order valence-electron chi connectivity index (χ0n) is 21.7. The number of amides is 1. The van der Waals surface area contributed by atoms with Crippen LogP contribution < -0.4 is 15.1 Å². The Morgan fingerprint density at radius 1 is 0.853 bits per heavy atom. The molecule has 34 heavy (non-hydrogen) atoms. The molecule has 1 amide bonds. The standard InChI is InChI=1S/C27H40N6O/c1-26(2,3)20-7-8-29-22(17-20)25(34)33-15-13-31(14-16-33)23-19-30-24(18-21(23)27(4,5)6)32-11-9-28-10-12-32/h7-8,17-19,28H,9-16H2,1-6H3. The van der Waals surface area contributed by atoms with Gasteiger partial charge in [-0.3, -0.25) is 9.78 Å². The monoisotopic (exact) mass is 464 g/mol. The number of hydrogen-bond donors (Lipinski definition) is 1. The van der Waals surface area contributed by atoms with E-state index in [1.807, 2.05) is 23.2 Å². The van der Waals surface area contributed by atoms with E-state index in [4.69, 9.17) is 4.98 Å². The van der Waals surface area contributed by atoms with E-state index >= 15 is 0 Å². The van der Waals surface area contributed by atoms with Gasteiger partial charge >= 0.3 is 0 Å². The summed E-state index contributed by atoms with van der Waals surface area (Å²) in [4.78, 5) is 29.1. The summed E-state index contributed by atoms with van der Waals surface area (Å²) in [7, 11) is 0. The third kappa shape index (κ3) is 5.35. The van der Waals surface area contributed by atoms with Gasteiger partial charge in [0.2, 0.25) is 0 Å². The topological polar surface area (TPSA) is 64.6 Å². The van der Waals surface area contributed by atoms with Gasteiger partial charge in [0.25, 0.3) is 5.91 Å². The van der Waals surface area contributed by atoms with Crippen molar-refractivity contribution in [3.05, 3.63) is 47.4 Å². The first-order valence-electron chi connectivity index (χ1n) is 12.5. The number of carbonyl (C=O) groups is 1. The van der Waals surface area contributed by atoms with Gasteiger partial charge in [0.05, 0.1) is 11.9 Å². The van der Waals surface area contributed by atoms with Gasteiger partial charge in [-0.1, -0.05) is 41.5 Å². The number of carbonyl (C=O) groups excluding carboxylic acids is 1. The van der Waals surface area contributed by atoms with Gasteiger partial charge in [0, 0.05) is 58.6 Å². The van der Waals surface area contributed by atoms with E-state index in [1.54, 1.807) is 6.20 Å². The summed E-state index contributed by atoms with van der Waals surface area (Å²) < 4.78 is 0. The molecule has 7 nitrogen and oxygen atoms in total. The molecule has 2 aliphatic heterocycles. The van der Waals surface area contributed by atoms with Crippen LogP contribution in [0.3, 0.4) is 0 Å². The Labute approximate surface area is 204 Å². The van der Waals surface area contributed by atoms with E-state index in [0.29, 0.717) is 18.8 Å². The fourth-order valence-corrected chi connectivity index (χ4v) is 4.68. The van der Waals surface area contributed by atoms with Crippen LogP contribution in [0.15, 0.2) is 30.6 Å². The van der Waals surface area contributed by atoms with Gasteiger partial charge in [-0.05, 0) is 40.2 Å². The van der Waals surface area contributed by atoms with Crippen LogP contribution in [0.4, 0.5) is 11.5 Å². The molecule has 1 N–H and O–H groups in total. The predicted octanol–water partition coefficient (Wildman–Crippen LogP) is 3.44. The molecule has 0 saturated carbocycles. The molecule has 0 aliphatic carbocycles. The quantitative estimate of drug-likeness (QED) is 0.751. The molecule has 2 saturated heterocycles. The molecule has 4 rings (SSSR count). The SMILES string of the molecule is CC(C)(C)c1ccnc(C(=O)N2CCN(c3cnc(N4CCNCC4)cc3C(C)(C)C)CC2)c1. The molecule has 0 unspecified atom stereocenters. The summed E-state index contributed by atoms with van der Waals surface area (Å²) in [6, 6.07) is 6.23. The second-order valence-corrected chi connectivity index (χ2v) is 11.5. The van der Waals surface area contributed by atoms with Crippen molar-refractivity contribution in [2.24, 2.45) is 0 Å². The number of hydrogen-bond acceptors (Lipinski definition) is 6. The van der Waals surface area contributed by atoms with Crippen LogP contribution >= 0.6 is 0 Å². The normalized spacial score (nSPS) is 17.8. The largest absolute Gasteiger partial charge is 0.366 e. The Morgan fingerprint density at radius 2 is 1.53 bits per heavy atom. The average molecular weight is 465 g/mol. The first-order chi connectivity index (χ1) is 16.0. The summed E-state index contributed by atoms with van der Waals surface area (Å²) in [5, 5.41) is 3.41. The molecule has 0 bridgehead atoms. The van der Waals surface area contributed by atoms with Crippen LogP contribution in [0.5, 0.6) is 0 Å². The number of piperazine rings is 2. The van der Waals surface area contributed by atoms with Crippen LogP contribution in [0.25, 0.3) is 0 Å². The lowest BCUT2D eigenvalue weighted by Crippen LogP contribution is -2.49. The molecule has 7 heteroatoms. The van der Waals surface area contributed by atoms with Gasteiger partial charge in [-0.15, -0.1) is 0 Å². The van der Waals surface area contributed by atoms with Gasteiger partial charge in [-0.25, -0.2) is 4.98 Å². The van der Waals surface area contributed by atoms with Gasteiger partial charge in [0.15, 0.2) is 0 Å². The smallest absolute Gasteiger partial charge is 0.272 e. The van der Waals surface area contributed by atoms with Gasteiger partial charge in [0.1, 0.15) is 11.5 Å². The highest BCUT2D eigenvalue weighted by Crippen LogP contribution is 2.34. The highest BCUT2D eigenvalue weighted by Gasteiger charge is 2.28. The lowest BCUT2D eigenvalue weighted by atomic mass is 9.86. The Balaban J connectivity index is 1.49. The molecule has 0 spiro atoms. The van der Waals surface area contributed by atoms with Crippen LogP contribution in [-0.4, -0.2) is 73.1 Å².